The molecule has 1 heterocycles. The normalized spacial score (nSPS) is 16.8. The van der Waals surface area contributed by atoms with Gasteiger partial charge in [-0.25, -0.2) is 4.79 Å². The number of carboxylic acids is 1. The topological polar surface area (TPSA) is 82.1 Å². The maximum atomic E-state index is 12.7. The molecule has 1 aliphatic heterocycles. The first kappa shape index (κ1) is 19.9. The minimum Gasteiger partial charge on any atom is -0.480 e. The number of anilines is 1. The number of hydrogen-bond acceptors (Lipinski definition) is 4. The van der Waals surface area contributed by atoms with Crippen molar-refractivity contribution in [1.29, 1.82) is 0 Å². The summed E-state index contributed by atoms with van der Waals surface area (Å²) in [6.45, 7) is 1.76. The van der Waals surface area contributed by atoms with Gasteiger partial charge in [-0.3, -0.25) is 9.69 Å². The van der Waals surface area contributed by atoms with Gasteiger partial charge in [-0.2, -0.15) is 0 Å². The number of aliphatic carboxylic acids is 1. The van der Waals surface area contributed by atoms with Crippen LogP contribution in [0.2, 0.25) is 0 Å². The fourth-order valence-electron chi connectivity index (χ4n) is 3.27. The molecule has 1 saturated heterocycles. The lowest BCUT2D eigenvalue weighted by Crippen LogP contribution is -2.50. The van der Waals surface area contributed by atoms with E-state index in [1.54, 1.807) is 16.8 Å². The van der Waals surface area contributed by atoms with Gasteiger partial charge in [0.15, 0.2) is 0 Å². The lowest BCUT2D eigenvalue weighted by Gasteiger charge is -2.34. The minimum absolute atomic E-state index is 0.0572. The molecule has 0 aliphatic carbocycles. The third-order valence-electron chi connectivity index (χ3n) is 4.57. The van der Waals surface area contributed by atoms with Gasteiger partial charge in [-0.1, -0.05) is 42.5 Å². The third kappa shape index (κ3) is 5.55. The third-order valence-corrected chi connectivity index (χ3v) is 4.57. The van der Waals surface area contributed by atoms with Crippen LogP contribution in [0, 0.1) is 0 Å². The molecule has 2 aromatic rings. The molecular weight excluding hydrogens is 358 g/mol. The highest BCUT2D eigenvalue weighted by Gasteiger charge is 2.25. The zero-order valence-corrected chi connectivity index (χ0v) is 15.9. The molecule has 1 fully saturated rings. The van der Waals surface area contributed by atoms with Crippen molar-refractivity contribution < 1.29 is 19.4 Å². The predicted octanol–water partition coefficient (Wildman–Crippen LogP) is 2.60. The quantitative estimate of drug-likeness (QED) is 0.801. The number of nitrogens with one attached hydrogen (secondary N) is 1. The number of rotatable bonds is 6. The van der Waals surface area contributed by atoms with E-state index in [9.17, 15) is 9.59 Å². The summed E-state index contributed by atoms with van der Waals surface area (Å²) in [5.74, 6) is -0.883. The van der Waals surface area contributed by atoms with Crippen LogP contribution >= 0.6 is 0 Å². The maximum Gasteiger partial charge on any atom is 0.322 e. The van der Waals surface area contributed by atoms with Crippen LogP contribution in [-0.2, 0) is 9.53 Å². The van der Waals surface area contributed by atoms with Gasteiger partial charge >= 0.3 is 12.0 Å². The summed E-state index contributed by atoms with van der Waals surface area (Å²) < 4.78 is 5.68. The van der Waals surface area contributed by atoms with Gasteiger partial charge in [0, 0.05) is 25.3 Å². The molecule has 0 spiro atoms. The Labute approximate surface area is 164 Å². The molecule has 2 aromatic carbocycles. The van der Waals surface area contributed by atoms with E-state index in [1.165, 1.54) is 0 Å². The van der Waals surface area contributed by atoms with Crippen LogP contribution in [0.4, 0.5) is 10.5 Å². The van der Waals surface area contributed by atoms with E-state index in [2.05, 4.69) is 5.32 Å². The van der Waals surface area contributed by atoms with Crippen molar-refractivity contribution in [2.24, 2.45) is 0 Å². The Morgan fingerprint density at radius 1 is 1.18 bits per heavy atom. The van der Waals surface area contributed by atoms with Crippen LogP contribution in [-0.4, -0.2) is 72.8 Å². The maximum absolute atomic E-state index is 12.7. The van der Waals surface area contributed by atoms with Gasteiger partial charge in [0.2, 0.25) is 0 Å². The summed E-state index contributed by atoms with van der Waals surface area (Å²) in [4.78, 5) is 26.9. The van der Waals surface area contributed by atoms with E-state index >= 15 is 0 Å². The molecular formula is C21H25N3O4. The Morgan fingerprint density at radius 3 is 2.68 bits per heavy atom. The van der Waals surface area contributed by atoms with Crippen LogP contribution in [0.25, 0.3) is 11.1 Å². The fraction of sp³-hybridized carbons (Fsp3) is 0.333. The average molecular weight is 383 g/mol. The number of nitrogens with zero attached hydrogens (tertiary/aromatic N) is 2. The number of carbonyl (C=O) groups excluding carboxylic acids is 1. The van der Waals surface area contributed by atoms with Crippen LogP contribution < -0.4 is 5.32 Å². The number of urea groups is 1. The Morgan fingerprint density at radius 2 is 1.93 bits per heavy atom. The number of amides is 2. The van der Waals surface area contributed by atoms with Gasteiger partial charge in [0.25, 0.3) is 0 Å². The van der Waals surface area contributed by atoms with Crippen LogP contribution in [0.5, 0.6) is 0 Å². The number of hydrogen-bond donors (Lipinski definition) is 2. The lowest BCUT2D eigenvalue weighted by atomic mass is 10.1. The zero-order chi connectivity index (χ0) is 19.9. The Hall–Kier alpha value is -2.90. The number of likely N-dealkylation sites (N-methyl/N-ethyl adjacent to an activating group) is 1. The molecule has 1 atom stereocenters. The molecule has 28 heavy (non-hydrogen) atoms. The molecule has 0 aromatic heterocycles. The molecule has 7 heteroatoms. The van der Waals surface area contributed by atoms with E-state index in [4.69, 9.17) is 9.84 Å². The SMILES string of the molecule is CN(CC(=O)O)CC1CN(C(=O)Nc2cccc(-c3ccccc3)c2)CCO1. The van der Waals surface area contributed by atoms with Crippen LogP contribution in [0.3, 0.4) is 0 Å². The first-order valence-corrected chi connectivity index (χ1v) is 9.24. The first-order valence-electron chi connectivity index (χ1n) is 9.24. The Bertz CT molecular complexity index is 812. The predicted molar refractivity (Wildman–Crippen MR) is 107 cm³/mol. The number of morpholine rings is 1. The molecule has 7 nitrogen and oxygen atoms in total. The second kappa shape index (κ2) is 9.34. The molecule has 2 amide bonds. The number of benzene rings is 2. The second-order valence-corrected chi connectivity index (χ2v) is 6.91. The van der Waals surface area contributed by atoms with Crippen molar-refractivity contribution >= 4 is 17.7 Å². The molecule has 1 unspecified atom stereocenters. The smallest absolute Gasteiger partial charge is 0.322 e. The van der Waals surface area contributed by atoms with E-state index in [0.717, 1.165) is 16.8 Å². The summed E-state index contributed by atoms with van der Waals surface area (Å²) >= 11 is 0. The van der Waals surface area contributed by atoms with Gasteiger partial charge < -0.3 is 20.1 Å². The number of carboxylic acid groups (broad SMARTS) is 1. The van der Waals surface area contributed by atoms with E-state index in [0.29, 0.717) is 26.2 Å². The van der Waals surface area contributed by atoms with Crippen molar-refractivity contribution in [3.63, 3.8) is 0 Å². The highest BCUT2D eigenvalue weighted by molar-refractivity contribution is 5.90. The van der Waals surface area contributed by atoms with Crippen LogP contribution in [0.1, 0.15) is 0 Å². The summed E-state index contributed by atoms with van der Waals surface area (Å²) in [5, 5.41) is 11.8. The highest BCUT2D eigenvalue weighted by atomic mass is 16.5. The van der Waals surface area contributed by atoms with Crippen molar-refractivity contribution in [3.05, 3.63) is 54.6 Å². The molecule has 0 bridgehead atoms. The van der Waals surface area contributed by atoms with Crippen LogP contribution in [0.15, 0.2) is 54.6 Å². The summed E-state index contributed by atoms with van der Waals surface area (Å²) in [5.41, 5.74) is 2.86. The average Bonchev–Trinajstić information content (AvgIpc) is 2.68. The molecule has 0 saturated carbocycles. The fourth-order valence-corrected chi connectivity index (χ4v) is 3.27. The summed E-state index contributed by atoms with van der Waals surface area (Å²) in [6.07, 6.45) is -0.209. The van der Waals surface area contributed by atoms with Crippen molar-refractivity contribution in [1.82, 2.24) is 9.80 Å². The minimum atomic E-state index is -0.883. The highest BCUT2D eigenvalue weighted by Crippen LogP contribution is 2.22. The molecule has 1 aliphatic rings. The standard InChI is InChI=1S/C21H25N3O4/c1-23(15-20(25)26)13-19-14-24(10-11-28-19)21(27)22-18-9-5-8-17(12-18)16-6-3-2-4-7-16/h2-9,12,19H,10-11,13-15H2,1H3,(H,22,27)(H,25,26). The molecule has 2 N–H and O–H groups in total. The van der Waals surface area contributed by atoms with E-state index in [-0.39, 0.29) is 18.7 Å². The first-order chi connectivity index (χ1) is 13.5. The zero-order valence-electron chi connectivity index (χ0n) is 15.9. The summed E-state index contributed by atoms with van der Waals surface area (Å²) in [6, 6.07) is 17.6. The van der Waals surface area contributed by atoms with Gasteiger partial charge in [0.1, 0.15) is 0 Å². The largest absolute Gasteiger partial charge is 0.480 e. The molecule has 3 rings (SSSR count). The van der Waals surface area contributed by atoms with Gasteiger partial charge in [-0.05, 0) is 30.3 Å². The monoisotopic (exact) mass is 383 g/mol. The van der Waals surface area contributed by atoms with Gasteiger partial charge in [-0.15, -0.1) is 0 Å². The number of ether oxygens (including phenoxy) is 1. The lowest BCUT2D eigenvalue weighted by molar-refractivity contribution is -0.138. The molecule has 148 valence electrons. The van der Waals surface area contributed by atoms with Gasteiger partial charge in [0.05, 0.1) is 19.3 Å². The van der Waals surface area contributed by atoms with E-state index in [1.807, 2.05) is 54.6 Å². The van der Waals surface area contributed by atoms with Crippen molar-refractivity contribution in [2.75, 3.05) is 45.2 Å². The Kier molecular flexibility index (Phi) is 6.62. The summed E-state index contributed by atoms with van der Waals surface area (Å²) in [7, 11) is 1.73. The number of carbonyl (C=O) groups is 2. The second-order valence-electron chi connectivity index (χ2n) is 6.91. The van der Waals surface area contributed by atoms with Crippen molar-refractivity contribution in [2.45, 2.75) is 6.10 Å². The molecule has 0 radical (unpaired) electrons. The Balaban J connectivity index is 1.59. The van der Waals surface area contributed by atoms with E-state index < -0.39 is 5.97 Å². The van der Waals surface area contributed by atoms with Crippen molar-refractivity contribution in [3.8, 4) is 11.1 Å².